The highest BCUT2D eigenvalue weighted by Crippen LogP contribution is 2.01. The molecular formula is C8H10BN3O. The van der Waals surface area contributed by atoms with Gasteiger partial charge in [0.2, 0.25) is 0 Å². The second-order valence-electron chi connectivity index (χ2n) is 2.83. The van der Waals surface area contributed by atoms with E-state index in [1.54, 1.807) is 20.2 Å². The Hall–Kier alpha value is -1.52. The summed E-state index contributed by atoms with van der Waals surface area (Å²) in [6.45, 7) is 0. The zero-order chi connectivity index (χ0) is 9.84. The number of carbonyl (C=O) groups is 1. The van der Waals surface area contributed by atoms with Gasteiger partial charge in [-0.25, -0.2) is 4.79 Å². The molecule has 0 unspecified atom stereocenters. The van der Waals surface area contributed by atoms with Crippen LogP contribution in [-0.2, 0) is 0 Å². The molecule has 0 fully saturated rings. The van der Waals surface area contributed by atoms with Crippen molar-refractivity contribution in [1.82, 2.24) is 9.88 Å². The first-order valence-electron chi connectivity index (χ1n) is 3.78. The zero-order valence-corrected chi connectivity index (χ0v) is 7.61. The smallest absolute Gasteiger partial charge is 0.321 e. The lowest BCUT2D eigenvalue weighted by atomic mass is 9.99. The molecule has 0 aliphatic carbocycles. The third-order valence-corrected chi connectivity index (χ3v) is 1.42. The van der Waals surface area contributed by atoms with Crippen molar-refractivity contribution in [3.05, 3.63) is 18.5 Å². The van der Waals surface area contributed by atoms with Gasteiger partial charge in [-0.1, -0.05) is 5.46 Å². The highest BCUT2D eigenvalue weighted by Gasteiger charge is 2.02. The van der Waals surface area contributed by atoms with Crippen LogP contribution in [0.2, 0.25) is 0 Å². The van der Waals surface area contributed by atoms with E-state index in [0.29, 0.717) is 11.2 Å². The van der Waals surface area contributed by atoms with Crippen molar-refractivity contribution in [2.45, 2.75) is 0 Å². The number of hydrogen-bond acceptors (Lipinski definition) is 2. The Morgan fingerprint density at radius 1 is 1.54 bits per heavy atom. The van der Waals surface area contributed by atoms with Gasteiger partial charge in [0.1, 0.15) is 7.85 Å². The lowest BCUT2D eigenvalue weighted by molar-refractivity contribution is 0.230. The van der Waals surface area contributed by atoms with Gasteiger partial charge >= 0.3 is 6.03 Å². The minimum absolute atomic E-state index is 0.201. The number of anilines is 1. The van der Waals surface area contributed by atoms with E-state index in [4.69, 9.17) is 7.85 Å². The molecule has 1 heterocycles. The van der Waals surface area contributed by atoms with Crippen LogP contribution in [-0.4, -0.2) is 37.9 Å². The van der Waals surface area contributed by atoms with Crippen molar-refractivity contribution in [2.75, 3.05) is 19.4 Å². The molecule has 1 rings (SSSR count). The molecule has 2 radical (unpaired) electrons. The van der Waals surface area contributed by atoms with Gasteiger partial charge in [0.25, 0.3) is 0 Å². The highest BCUT2D eigenvalue weighted by molar-refractivity contribution is 6.32. The lowest BCUT2D eigenvalue weighted by Crippen LogP contribution is -2.27. The number of amides is 2. The predicted octanol–water partition coefficient (Wildman–Crippen LogP) is -0.0311. The Morgan fingerprint density at radius 3 is 2.77 bits per heavy atom. The number of carbonyl (C=O) groups excluding carboxylic acids is 1. The summed E-state index contributed by atoms with van der Waals surface area (Å²) in [6.07, 6.45) is 3.06. The van der Waals surface area contributed by atoms with E-state index in [9.17, 15) is 4.79 Å². The zero-order valence-electron chi connectivity index (χ0n) is 7.61. The molecule has 1 aromatic heterocycles. The quantitative estimate of drug-likeness (QED) is 0.609. The van der Waals surface area contributed by atoms with Crippen LogP contribution in [0.5, 0.6) is 0 Å². The number of rotatable bonds is 1. The summed E-state index contributed by atoms with van der Waals surface area (Å²) in [5, 5.41) is 2.63. The normalized spacial score (nSPS) is 9.38. The van der Waals surface area contributed by atoms with Crippen LogP contribution in [0.3, 0.4) is 0 Å². The van der Waals surface area contributed by atoms with Crippen LogP contribution in [0.15, 0.2) is 18.5 Å². The molecule has 13 heavy (non-hydrogen) atoms. The van der Waals surface area contributed by atoms with Gasteiger partial charge in [-0.15, -0.1) is 0 Å². The van der Waals surface area contributed by atoms with Crippen LogP contribution >= 0.6 is 0 Å². The third-order valence-electron chi connectivity index (χ3n) is 1.42. The molecule has 0 atom stereocenters. The fraction of sp³-hybridized carbons (Fsp3) is 0.250. The van der Waals surface area contributed by atoms with Crippen molar-refractivity contribution >= 4 is 25.0 Å². The Morgan fingerprint density at radius 2 is 2.23 bits per heavy atom. The number of nitrogens with zero attached hydrogens (tertiary/aromatic N) is 2. The van der Waals surface area contributed by atoms with E-state index in [1.165, 1.54) is 17.3 Å². The maximum atomic E-state index is 11.2. The van der Waals surface area contributed by atoms with Gasteiger partial charge in [-0.2, -0.15) is 0 Å². The number of pyridine rings is 1. The lowest BCUT2D eigenvalue weighted by Gasteiger charge is -2.11. The van der Waals surface area contributed by atoms with Crippen LogP contribution in [0.25, 0.3) is 0 Å². The van der Waals surface area contributed by atoms with Gasteiger partial charge in [-0.3, -0.25) is 4.98 Å². The third kappa shape index (κ3) is 2.78. The van der Waals surface area contributed by atoms with Gasteiger partial charge in [0.15, 0.2) is 0 Å². The SMILES string of the molecule is [B]c1cncc(NC(=O)N(C)C)c1. The number of hydrogen-bond donors (Lipinski definition) is 1. The summed E-state index contributed by atoms with van der Waals surface area (Å²) in [5.41, 5.74) is 1.12. The molecule has 0 aromatic carbocycles. The molecule has 1 aromatic rings. The van der Waals surface area contributed by atoms with Gasteiger partial charge in [-0.05, 0) is 6.07 Å². The summed E-state index contributed by atoms with van der Waals surface area (Å²) >= 11 is 0. The number of aromatic nitrogens is 1. The van der Waals surface area contributed by atoms with Crippen LogP contribution in [0.1, 0.15) is 0 Å². The highest BCUT2D eigenvalue weighted by atomic mass is 16.2. The van der Waals surface area contributed by atoms with E-state index in [1.807, 2.05) is 0 Å². The molecule has 0 aliphatic heterocycles. The Kier molecular flexibility index (Phi) is 2.90. The van der Waals surface area contributed by atoms with Crippen molar-refractivity contribution in [3.8, 4) is 0 Å². The molecular weight excluding hydrogens is 165 g/mol. The maximum Gasteiger partial charge on any atom is 0.321 e. The van der Waals surface area contributed by atoms with Crippen LogP contribution in [0.4, 0.5) is 10.5 Å². The van der Waals surface area contributed by atoms with E-state index >= 15 is 0 Å². The summed E-state index contributed by atoms with van der Waals surface area (Å²) in [6, 6.07) is 1.45. The molecule has 0 spiro atoms. The Labute approximate surface area is 78.4 Å². The van der Waals surface area contributed by atoms with Crippen molar-refractivity contribution in [3.63, 3.8) is 0 Å². The molecule has 1 N–H and O–H groups in total. The second-order valence-corrected chi connectivity index (χ2v) is 2.83. The molecule has 0 saturated heterocycles. The predicted molar refractivity (Wildman–Crippen MR) is 52.3 cm³/mol. The Balaban J connectivity index is 2.69. The largest absolute Gasteiger partial charge is 0.331 e. The molecule has 66 valence electrons. The molecule has 0 bridgehead atoms. The number of urea groups is 1. The van der Waals surface area contributed by atoms with Gasteiger partial charge < -0.3 is 10.2 Å². The van der Waals surface area contributed by atoms with E-state index < -0.39 is 0 Å². The monoisotopic (exact) mass is 175 g/mol. The van der Waals surface area contributed by atoms with Gasteiger partial charge in [0.05, 0.1) is 11.9 Å². The minimum atomic E-state index is -0.201. The molecule has 0 saturated carbocycles. The molecule has 2 amide bonds. The molecule has 4 nitrogen and oxygen atoms in total. The summed E-state index contributed by atoms with van der Waals surface area (Å²) < 4.78 is 0. The van der Waals surface area contributed by atoms with E-state index in [2.05, 4.69) is 10.3 Å². The fourth-order valence-corrected chi connectivity index (χ4v) is 0.761. The van der Waals surface area contributed by atoms with Crippen LogP contribution < -0.4 is 10.8 Å². The minimum Gasteiger partial charge on any atom is -0.331 e. The van der Waals surface area contributed by atoms with Gasteiger partial charge in [0, 0.05) is 20.3 Å². The average molecular weight is 175 g/mol. The number of nitrogens with one attached hydrogen (secondary N) is 1. The van der Waals surface area contributed by atoms with Crippen molar-refractivity contribution in [2.24, 2.45) is 0 Å². The Bertz CT molecular complexity index is 314. The van der Waals surface area contributed by atoms with E-state index in [0.717, 1.165) is 0 Å². The average Bonchev–Trinajstić information content (AvgIpc) is 2.04. The fourth-order valence-electron chi connectivity index (χ4n) is 0.761. The maximum absolute atomic E-state index is 11.2. The van der Waals surface area contributed by atoms with Crippen LogP contribution in [0, 0.1) is 0 Å². The second kappa shape index (κ2) is 3.93. The summed E-state index contributed by atoms with van der Waals surface area (Å²) in [7, 11) is 8.81. The summed E-state index contributed by atoms with van der Waals surface area (Å²) in [4.78, 5) is 16.4. The topological polar surface area (TPSA) is 45.2 Å². The van der Waals surface area contributed by atoms with Crippen molar-refractivity contribution in [1.29, 1.82) is 0 Å². The standard InChI is InChI=1S/C8H10BN3O/c1-12(2)8(13)11-7-3-6(9)4-10-5-7/h3-5H,1-2H3,(H,11,13). The summed E-state index contributed by atoms with van der Waals surface area (Å²) in [5.74, 6) is 0. The van der Waals surface area contributed by atoms with Crippen molar-refractivity contribution < 1.29 is 4.79 Å². The molecule has 0 aliphatic rings. The first-order valence-corrected chi connectivity index (χ1v) is 3.78. The first kappa shape index (κ1) is 9.57. The van der Waals surface area contributed by atoms with E-state index in [-0.39, 0.29) is 6.03 Å². The molecule has 5 heteroatoms. The first-order chi connectivity index (χ1) is 6.09.